The van der Waals surface area contributed by atoms with E-state index in [2.05, 4.69) is 6.92 Å². The van der Waals surface area contributed by atoms with E-state index in [9.17, 15) is 4.79 Å². The number of carbonyl (C=O) groups is 1. The molecule has 0 spiro atoms. The van der Waals surface area contributed by atoms with Crippen LogP contribution < -0.4 is 0 Å². The van der Waals surface area contributed by atoms with Crippen LogP contribution in [-0.4, -0.2) is 81.9 Å². The molecule has 1 heterocycles. The molecule has 2 aliphatic rings. The highest BCUT2D eigenvalue weighted by Gasteiger charge is 2.49. The molecule has 1 aliphatic heterocycles. The number of rotatable bonds is 15. The molecule has 1 aromatic carbocycles. The molecule has 0 N–H and O–H groups in total. The molecule has 40 heavy (non-hydrogen) atoms. The van der Waals surface area contributed by atoms with Crippen LogP contribution in [0, 0.1) is 0 Å². The van der Waals surface area contributed by atoms with E-state index in [0.717, 1.165) is 30.4 Å². The lowest BCUT2D eigenvalue weighted by atomic mass is 9.86. The van der Waals surface area contributed by atoms with Crippen molar-refractivity contribution in [3.8, 4) is 0 Å². The summed E-state index contributed by atoms with van der Waals surface area (Å²) in [6.07, 6.45) is 6.09. The summed E-state index contributed by atoms with van der Waals surface area (Å²) in [5, 5.41) is 0. The van der Waals surface area contributed by atoms with Crippen LogP contribution in [0.15, 0.2) is 42.0 Å². The van der Waals surface area contributed by atoms with Gasteiger partial charge in [-0.2, -0.15) is 0 Å². The van der Waals surface area contributed by atoms with E-state index in [1.54, 1.807) is 19.1 Å². The normalized spacial score (nSPS) is 24.8. The first-order valence-electron chi connectivity index (χ1n) is 14.5. The van der Waals surface area contributed by atoms with Gasteiger partial charge in [-0.25, -0.2) is 4.79 Å². The highest BCUT2D eigenvalue weighted by atomic mass is 16.7. The van der Waals surface area contributed by atoms with Crippen LogP contribution in [0.4, 0.5) is 4.79 Å². The minimum Gasteiger partial charge on any atom is -0.444 e. The summed E-state index contributed by atoms with van der Waals surface area (Å²) in [5.74, 6) is 0. The van der Waals surface area contributed by atoms with Crippen molar-refractivity contribution in [3.05, 3.63) is 47.5 Å². The molecule has 2 unspecified atom stereocenters. The van der Waals surface area contributed by atoms with Gasteiger partial charge in [0.2, 0.25) is 0 Å². The van der Waals surface area contributed by atoms with Gasteiger partial charge in [0.15, 0.2) is 6.29 Å². The van der Waals surface area contributed by atoms with Crippen molar-refractivity contribution < 1.29 is 38.0 Å². The van der Waals surface area contributed by atoms with Gasteiger partial charge in [0.1, 0.15) is 37.5 Å². The monoisotopic (exact) mass is 563 g/mol. The van der Waals surface area contributed by atoms with Crippen LogP contribution in [0.25, 0.3) is 0 Å². The van der Waals surface area contributed by atoms with Crippen LogP contribution >= 0.6 is 0 Å². The summed E-state index contributed by atoms with van der Waals surface area (Å²) in [4.78, 5) is 15.4. The lowest BCUT2D eigenvalue weighted by Gasteiger charge is -2.47. The van der Waals surface area contributed by atoms with E-state index >= 15 is 0 Å². The first-order chi connectivity index (χ1) is 19.3. The average molecular weight is 564 g/mol. The lowest BCUT2D eigenvalue weighted by Crippen LogP contribution is -2.60. The zero-order chi connectivity index (χ0) is 29.0. The minimum absolute atomic E-state index is 0.0295. The first-order valence-corrected chi connectivity index (χ1v) is 14.5. The molecule has 1 amide bonds. The molecule has 1 fully saturated rings. The fourth-order valence-electron chi connectivity index (χ4n) is 5.09. The Bertz CT molecular complexity index is 902. The number of hydrogen-bond acceptors (Lipinski definition) is 8. The van der Waals surface area contributed by atoms with Gasteiger partial charge >= 0.3 is 6.09 Å². The molecule has 1 saturated heterocycles. The lowest BCUT2D eigenvalue weighted by molar-refractivity contribution is -0.258. The van der Waals surface area contributed by atoms with Crippen molar-refractivity contribution in [3.63, 3.8) is 0 Å². The summed E-state index contributed by atoms with van der Waals surface area (Å²) >= 11 is 0. The van der Waals surface area contributed by atoms with Crippen LogP contribution in [-0.2, 0) is 33.2 Å². The molecule has 9 nitrogen and oxygen atoms in total. The van der Waals surface area contributed by atoms with E-state index in [4.69, 9.17) is 33.2 Å². The Balaban J connectivity index is 1.92. The maximum Gasteiger partial charge on any atom is 0.410 e. The fraction of sp³-hybridized carbons (Fsp3) is 0.710. The highest BCUT2D eigenvalue weighted by Crippen LogP contribution is 2.38. The Morgan fingerprint density at radius 3 is 2.25 bits per heavy atom. The maximum absolute atomic E-state index is 13.6. The zero-order valence-corrected chi connectivity index (χ0v) is 25.1. The van der Waals surface area contributed by atoms with E-state index < -0.39 is 42.3 Å². The van der Waals surface area contributed by atoms with Gasteiger partial charge in [0.05, 0.1) is 12.6 Å². The van der Waals surface area contributed by atoms with Gasteiger partial charge in [0, 0.05) is 26.3 Å². The van der Waals surface area contributed by atoms with Crippen LogP contribution in [0.1, 0.15) is 78.1 Å². The molecule has 0 aromatic heterocycles. The molecule has 5 atom stereocenters. The van der Waals surface area contributed by atoms with Crippen LogP contribution in [0.5, 0.6) is 0 Å². The smallest absolute Gasteiger partial charge is 0.410 e. The molecule has 0 radical (unpaired) electrons. The van der Waals surface area contributed by atoms with Gasteiger partial charge < -0.3 is 33.2 Å². The number of amides is 1. The van der Waals surface area contributed by atoms with Gasteiger partial charge in [0.25, 0.3) is 0 Å². The number of hydrogen-bond donors (Lipinski definition) is 0. The molecular formula is C31H49NO8. The standard InChI is InChI=1S/C31H49NO8/c1-7-8-9-10-11-15-18-32(30(33)40-31(2,3)4)25-19-24-20-36-29(23-16-13-12-14-17-23)39-26(24)28(38-22-35-6)27(25)37-21-34-5/h12-14,16-17,19,25-29H,7-11,15,18,20-22H2,1-6H3/t25-,26+,27-,28?,29?/m1/s1. The molecule has 1 aromatic rings. The van der Waals surface area contributed by atoms with Gasteiger partial charge in [-0.1, -0.05) is 75.4 Å². The molecule has 0 bridgehead atoms. The third-order valence-corrected chi connectivity index (χ3v) is 6.95. The second-order valence-corrected chi connectivity index (χ2v) is 11.4. The Kier molecular flexibility index (Phi) is 13.4. The number of nitrogens with zero attached hydrogens (tertiary/aromatic N) is 1. The highest BCUT2D eigenvalue weighted by molar-refractivity contribution is 5.69. The topological polar surface area (TPSA) is 84.9 Å². The predicted molar refractivity (Wildman–Crippen MR) is 152 cm³/mol. The van der Waals surface area contributed by atoms with E-state index in [1.165, 1.54) is 19.3 Å². The maximum atomic E-state index is 13.6. The number of ether oxygens (including phenoxy) is 7. The average Bonchev–Trinajstić information content (AvgIpc) is 2.93. The summed E-state index contributed by atoms with van der Waals surface area (Å²) in [6, 6.07) is 9.33. The number of fused-ring (bicyclic) bond motifs is 1. The summed E-state index contributed by atoms with van der Waals surface area (Å²) in [7, 11) is 3.15. The number of unbranched alkanes of at least 4 members (excludes halogenated alkanes) is 5. The third kappa shape index (κ3) is 9.53. The van der Waals surface area contributed by atoms with Crippen LogP contribution in [0.3, 0.4) is 0 Å². The Morgan fingerprint density at radius 2 is 1.60 bits per heavy atom. The Morgan fingerprint density at radius 1 is 0.950 bits per heavy atom. The SMILES string of the molecule is CCCCCCCCN(C(=O)OC(C)(C)C)[C@@H]1C=C2COC(c3ccccc3)O[C@@H]2C(OCOC)[C@@H]1OCOC. The van der Waals surface area contributed by atoms with Crippen LogP contribution in [0.2, 0.25) is 0 Å². The van der Waals surface area contributed by atoms with E-state index in [1.807, 2.05) is 57.2 Å². The molecule has 226 valence electrons. The summed E-state index contributed by atoms with van der Waals surface area (Å²) in [6.45, 7) is 8.76. The molecular weight excluding hydrogens is 514 g/mol. The Labute approximate surface area is 240 Å². The minimum atomic E-state index is -0.643. The molecule has 1 aliphatic carbocycles. The summed E-state index contributed by atoms with van der Waals surface area (Å²) in [5.41, 5.74) is 1.17. The first kappa shape index (κ1) is 32.5. The van der Waals surface area contributed by atoms with Gasteiger partial charge in [-0.15, -0.1) is 0 Å². The second kappa shape index (κ2) is 16.4. The largest absolute Gasteiger partial charge is 0.444 e. The summed E-state index contributed by atoms with van der Waals surface area (Å²) < 4.78 is 41.5. The van der Waals surface area contributed by atoms with E-state index in [0.29, 0.717) is 13.2 Å². The molecule has 0 saturated carbocycles. The zero-order valence-electron chi connectivity index (χ0n) is 25.1. The van der Waals surface area contributed by atoms with Crippen molar-refractivity contribution in [1.29, 1.82) is 0 Å². The van der Waals surface area contributed by atoms with Crippen molar-refractivity contribution in [2.75, 3.05) is 41.0 Å². The number of benzene rings is 1. The Hall–Kier alpha value is -2.01. The second-order valence-electron chi connectivity index (χ2n) is 11.4. The van der Waals surface area contributed by atoms with Gasteiger partial charge in [-0.05, 0) is 32.8 Å². The third-order valence-electron chi connectivity index (χ3n) is 6.95. The van der Waals surface area contributed by atoms with Crippen molar-refractivity contribution >= 4 is 6.09 Å². The molecule has 9 heteroatoms. The molecule has 3 rings (SSSR count). The van der Waals surface area contributed by atoms with Gasteiger partial charge in [-0.3, -0.25) is 4.90 Å². The van der Waals surface area contributed by atoms with Crippen molar-refractivity contribution in [2.24, 2.45) is 0 Å². The van der Waals surface area contributed by atoms with E-state index in [-0.39, 0.29) is 13.6 Å². The van der Waals surface area contributed by atoms with Crippen molar-refractivity contribution in [2.45, 2.75) is 102 Å². The predicted octanol–water partition coefficient (Wildman–Crippen LogP) is 5.99. The quantitative estimate of drug-likeness (QED) is 0.146. The number of carbonyl (C=O) groups excluding carboxylic acids is 1. The van der Waals surface area contributed by atoms with Crippen molar-refractivity contribution in [1.82, 2.24) is 4.90 Å². The fourth-order valence-corrected chi connectivity index (χ4v) is 5.09. The number of methoxy groups -OCH3 is 2.